The summed E-state index contributed by atoms with van der Waals surface area (Å²) in [6.45, 7) is 22.8. The van der Waals surface area contributed by atoms with Gasteiger partial charge >= 0.3 is 12.0 Å². The number of carboxylic acid groups (broad SMARTS) is 1. The number of hydrogen-bond acceptors (Lipinski definition) is 3. The topological polar surface area (TPSA) is 81.7 Å². The van der Waals surface area contributed by atoms with E-state index in [1.165, 1.54) is 5.56 Å². The summed E-state index contributed by atoms with van der Waals surface area (Å²) in [6, 6.07) is 10.8. The van der Waals surface area contributed by atoms with Crippen LogP contribution in [0, 0.1) is 5.92 Å². The molecule has 1 fully saturated rings. The molecule has 6 heteroatoms. The van der Waals surface area contributed by atoms with Gasteiger partial charge < -0.3 is 20.6 Å². The average Bonchev–Trinajstić information content (AvgIpc) is 2.95. The van der Waals surface area contributed by atoms with E-state index in [0.717, 1.165) is 49.4 Å². The first-order chi connectivity index (χ1) is 17.8. The largest absolute Gasteiger partial charge is 0.481 e. The maximum atomic E-state index is 11.4. The second-order valence-electron chi connectivity index (χ2n) is 8.16. The molecule has 0 spiro atoms. The van der Waals surface area contributed by atoms with Crippen LogP contribution >= 0.6 is 0 Å². The highest BCUT2D eigenvalue weighted by Gasteiger charge is 2.21. The fourth-order valence-electron chi connectivity index (χ4n) is 3.44. The van der Waals surface area contributed by atoms with Crippen molar-refractivity contribution >= 4 is 12.0 Å². The molecule has 2 rings (SSSR count). The van der Waals surface area contributed by atoms with E-state index in [1.54, 1.807) is 25.4 Å². The summed E-state index contributed by atoms with van der Waals surface area (Å²) in [4.78, 5) is 23.8. The van der Waals surface area contributed by atoms with Gasteiger partial charge in [0.1, 0.15) is 0 Å². The number of hydrogen-bond donors (Lipinski definition) is 3. The lowest BCUT2D eigenvalue weighted by atomic mass is 9.90. The lowest BCUT2D eigenvalue weighted by Crippen LogP contribution is -2.43. The fraction of sp³-hybridized carbons (Fsp3) is 0.484. The number of piperidine rings is 1. The van der Waals surface area contributed by atoms with E-state index in [0.29, 0.717) is 6.42 Å². The Hall–Kier alpha value is -3.28. The molecule has 1 heterocycles. The van der Waals surface area contributed by atoms with Crippen molar-refractivity contribution in [1.82, 2.24) is 15.5 Å². The van der Waals surface area contributed by atoms with Gasteiger partial charge in [0, 0.05) is 38.8 Å². The van der Waals surface area contributed by atoms with Crippen LogP contribution in [0.1, 0.15) is 65.9 Å². The van der Waals surface area contributed by atoms with Gasteiger partial charge in [-0.1, -0.05) is 83.3 Å². The van der Waals surface area contributed by atoms with Crippen LogP contribution < -0.4 is 10.6 Å². The first kappa shape index (κ1) is 35.9. The van der Waals surface area contributed by atoms with Crippen molar-refractivity contribution in [3.8, 4) is 0 Å². The van der Waals surface area contributed by atoms with Crippen LogP contribution in [0.2, 0.25) is 0 Å². The van der Waals surface area contributed by atoms with E-state index in [1.807, 2.05) is 39.5 Å². The molecule has 1 aliphatic heterocycles. The number of carbonyl (C=O) groups excluding carboxylic acids is 1. The highest BCUT2D eigenvalue weighted by molar-refractivity contribution is 5.73. The Labute approximate surface area is 226 Å². The van der Waals surface area contributed by atoms with Gasteiger partial charge in [0.2, 0.25) is 0 Å². The SMILES string of the molecule is C=CC(=C)/C(=C\NC(C)C=C)CCC(=O)O.CC.CC.CNC(=O)N1CCC(Cc2ccccc2)CC1. The van der Waals surface area contributed by atoms with E-state index < -0.39 is 5.97 Å². The van der Waals surface area contributed by atoms with Gasteiger partial charge in [0.05, 0.1) is 0 Å². The van der Waals surface area contributed by atoms with E-state index in [4.69, 9.17) is 5.11 Å². The molecule has 3 N–H and O–H groups in total. The number of nitrogens with zero attached hydrogens (tertiary/aromatic N) is 1. The van der Waals surface area contributed by atoms with Crippen LogP contribution in [0.4, 0.5) is 4.79 Å². The summed E-state index contributed by atoms with van der Waals surface area (Å²) in [5, 5.41) is 14.4. The minimum absolute atomic E-state index is 0.0585. The van der Waals surface area contributed by atoms with Crippen LogP contribution in [0.3, 0.4) is 0 Å². The number of aliphatic carboxylic acids is 1. The van der Waals surface area contributed by atoms with Crippen molar-refractivity contribution in [3.63, 3.8) is 0 Å². The van der Waals surface area contributed by atoms with Crippen LogP contribution in [-0.2, 0) is 11.2 Å². The Morgan fingerprint density at radius 1 is 1.08 bits per heavy atom. The van der Waals surface area contributed by atoms with E-state index >= 15 is 0 Å². The summed E-state index contributed by atoms with van der Waals surface area (Å²) >= 11 is 0. The second kappa shape index (κ2) is 23.1. The molecule has 0 bridgehead atoms. The number of nitrogens with one attached hydrogen (secondary N) is 2. The van der Waals surface area contributed by atoms with Gasteiger partial charge in [-0.25, -0.2) is 4.79 Å². The highest BCUT2D eigenvalue weighted by Crippen LogP contribution is 2.21. The van der Waals surface area contributed by atoms with Crippen LogP contribution in [0.25, 0.3) is 0 Å². The Morgan fingerprint density at radius 3 is 2.11 bits per heavy atom. The van der Waals surface area contributed by atoms with Crippen molar-refractivity contribution in [2.75, 3.05) is 20.1 Å². The third-order valence-corrected chi connectivity index (χ3v) is 5.62. The molecule has 1 unspecified atom stereocenters. The summed E-state index contributed by atoms with van der Waals surface area (Å²) in [5.41, 5.74) is 3.00. The molecule has 1 aromatic rings. The van der Waals surface area contributed by atoms with Crippen molar-refractivity contribution in [1.29, 1.82) is 0 Å². The van der Waals surface area contributed by atoms with Crippen LogP contribution in [0.5, 0.6) is 0 Å². The van der Waals surface area contributed by atoms with Gasteiger partial charge in [-0.05, 0) is 55.2 Å². The number of amides is 2. The first-order valence-electron chi connectivity index (χ1n) is 13.4. The third-order valence-electron chi connectivity index (χ3n) is 5.62. The van der Waals surface area contributed by atoms with Crippen LogP contribution in [-0.4, -0.2) is 48.2 Å². The Morgan fingerprint density at radius 2 is 1.65 bits per heavy atom. The van der Waals surface area contributed by atoms with Gasteiger partial charge in [0.15, 0.2) is 0 Å². The molecule has 6 nitrogen and oxygen atoms in total. The number of likely N-dealkylation sites (tertiary alicyclic amines) is 1. The number of rotatable bonds is 10. The summed E-state index contributed by atoms with van der Waals surface area (Å²) in [5.74, 6) is -0.0992. The smallest absolute Gasteiger partial charge is 0.317 e. The number of carbonyl (C=O) groups is 2. The zero-order valence-corrected chi connectivity index (χ0v) is 24.1. The van der Waals surface area contributed by atoms with Crippen LogP contribution in [0.15, 0.2) is 79.6 Å². The number of urea groups is 1. The molecule has 37 heavy (non-hydrogen) atoms. The molecular formula is C31H51N3O3. The molecule has 0 aromatic heterocycles. The zero-order chi connectivity index (χ0) is 28.6. The molecule has 1 aromatic carbocycles. The summed E-state index contributed by atoms with van der Waals surface area (Å²) in [6.07, 6.45) is 9.06. The average molecular weight is 514 g/mol. The summed E-state index contributed by atoms with van der Waals surface area (Å²) < 4.78 is 0. The number of benzene rings is 1. The second-order valence-corrected chi connectivity index (χ2v) is 8.16. The molecule has 2 amide bonds. The van der Waals surface area contributed by atoms with Gasteiger partial charge in [-0.15, -0.1) is 6.58 Å². The molecule has 1 aliphatic rings. The lowest BCUT2D eigenvalue weighted by Gasteiger charge is -2.31. The highest BCUT2D eigenvalue weighted by atomic mass is 16.4. The predicted octanol–water partition coefficient (Wildman–Crippen LogP) is 6.97. The molecule has 0 aliphatic carbocycles. The van der Waals surface area contributed by atoms with Crippen molar-refractivity contribution < 1.29 is 14.7 Å². The maximum absolute atomic E-state index is 11.4. The first-order valence-corrected chi connectivity index (χ1v) is 13.4. The zero-order valence-electron chi connectivity index (χ0n) is 24.1. The lowest BCUT2D eigenvalue weighted by molar-refractivity contribution is -0.136. The fourth-order valence-corrected chi connectivity index (χ4v) is 3.44. The number of carboxylic acids is 1. The Bertz CT molecular complexity index is 810. The molecule has 1 saturated heterocycles. The van der Waals surface area contributed by atoms with E-state index in [-0.39, 0.29) is 18.5 Å². The Kier molecular flexibility index (Phi) is 22.4. The minimum Gasteiger partial charge on any atom is -0.481 e. The molecular weight excluding hydrogens is 462 g/mol. The van der Waals surface area contributed by atoms with Gasteiger partial charge in [0.25, 0.3) is 0 Å². The van der Waals surface area contributed by atoms with Crippen molar-refractivity contribution in [2.24, 2.45) is 5.92 Å². The van der Waals surface area contributed by atoms with Crippen molar-refractivity contribution in [3.05, 3.63) is 85.1 Å². The monoisotopic (exact) mass is 513 g/mol. The third kappa shape index (κ3) is 16.9. The quantitative estimate of drug-likeness (QED) is 0.233. The van der Waals surface area contributed by atoms with E-state index in [9.17, 15) is 9.59 Å². The number of allylic oxidation sites excluding steroid dienone is 3. The molecule has 208 valence electrons. The maximum Gasteiger partial charge on any atom is 0.317 e. The van der Waals surface area contributed by atoms with Gasteiger partial charge in [-0.3, -0.25) is 4.79 Å². The normalized spacial score (nSPS) is 13.6. The standard InChI is InChI=1S/C14H20N2O.C13H19NO2.2C2H6/c1-15-14(17)16-9-7-13(8-10-16)11-12-5-3-2-4-6-12;1-5-10(3)12(7-8-13(15)16)9-14-11(4)6-2;2*1-2/h2-6,13H,7-11H2,1H3,(H,15,17);5-6,9,11,14H,1-3,7-8H2,4H3,(H,15,16);2*1-2H3/b;12-9-;;. The van der Waals surface area contributed by atoms with E-state index in [2.05, 4.69) is 60.7 Å². The van der Waals surface area contributed by atoms with Gasteiger partial charge in [-0.2, -0.15) is 0 Å². The Balaban J connectivity index is 0. The molecule has 1 atom stereocenters. The molecule has 0 radical (unpaired) electrons. The minimum atomic E-state index is -0.820. The molecule has 0 saturated carbocycles. The van der Waals surface area contributed by atoms with Crippen molar-refractivity contribution in [2.45, 2.75) is 72.8 Å². The predicted molar refractivity (Wildman–Crippen MR) is 159 cm³/mol. The summed E-state index contributed by atoms with van der Waals surface area (Å²) in [7, 11) is 1.69.